The predicted molar refractivity (Wildman–Crippen MR) is 145 cm³/mol. The number of hydrogen-bond acceptors (Lipinski definition) is 6. The zero-order valence-corrected chi connectivity index (χ0v) is 23.2. The third kappa shape index (κ3) is 7.05. The van der Waals surface area contributed by atoms with Gasteiger partial charge in [0.25, 0.3) is 0 Å². The van der Waals surface area contributed by atoms with Gasteiger partial charge in [-0.3, -0.25) is 0 Å². The first-order valence-corrected chi connectivity index (χ1v) is 15.0. The fourth-order valence-electron chi connectivity index (χ4n) is 5.07. The lowest BCUT2D eigenvalue weighted by Gasteiger charge is -2.29. The molecule has 0 unspecified atom stereocenters. The van der Waals surface area contributed by atoms with Gasteiger partial charge in [-0.25, -0.2) is 13.4 Å². The molecule has 2 aliphatic heterocycles. The molecule has 2 fully saturated rings. The van der Waals surface area contributed by atoms with Crippen molar-refractivity contribution in [1.29, 1.82) is 0 Å². The van der Waals surface area contributed by atoms with Gasteiger partial charge in [-0.05, 0) is 69.7 Å². The predicted octanol–water partition coefficient (Wildman–Crippen LogP) is 4.40. The van der Waals surface area contributed by atoms with Crippen LogP contribution in [0.25, 0.3) is 21.9 Å². The lowest BCUT2D eigenvalue weighted by molar-refractivity contribution is -0.537. The van der Waals surface area contributed by atoms with Gasteiger partial charge in [-0.15, -0.1) is 0 Å². The third-order valence-electron chi connectivity index (χ3n) is 7.42. The van der Waals surface area contributed by atoms with E-state index in [9.17, 15) is 13.2 Å². The van der Waals surface area contributed by atoms with E-state index < -0.39 is 15.6 Å². The molecule has 39 heavy (non-hydrogen) atoms. The Balaban J connectivity index is 0.000000386. The summed E-state index contributed by atoms with van der Waals surface area (Å²) in [5.74, 6) is 0. The van der Waals surface area contributed by atoms with Crippen molar-refractivity contribution in [3.63, 3.8) is 0 Å². The van der Waals surface area contributed by atoms with Crippen LogP contribution in [0.1, 0.15) is 58.8 Å². The van der Waals surface area contributed by atoms with Crippen LogP contribution in [0.15, 0.2) is 40.8 Å². The lowest BCUT2D eigenvalue weighted by atomic mass is 10.1. The topological polar surface area (TPSA) is 90.8 Å². The fourth-order valence-corrected chi connectivity index (χ4v) is 5.07. The van der Waals surface area contributed by atoms with E-state index in [2.05, 4.69) is 65.0 Å². The van der Waals surface area contributed by atoms with Crippen LogP contribution in [0.5, 0.6) is 0 Å². The minimum Gasteiger partial charge on any atom is -0.741 e. The molecule has 7 nitrogen and oxygen atoms in total. The molecule has 0 aliphatic carbocycles. The largest absolute Gasteiger partial charge is 0.741 e. The molecule has 2 aliphatic rings. The number of nitrogens with one attached hydrogen (secondary N) is 1. The van der Waals surface area contributed by atoms with Crippen LogP contribution in [-0.4, -0.2) is 50.7 Å². The lowest BCUT2D eigenvalue weighted by Crippen LogP contribution is -2.82. The van der Waals surface area contributed by atoms with Gasteiger partial charge in [0.1, 0.15) is 17.2 Å². The molecular formula is C28H36F3N3O4S. The summed E-state index contributed by atoms with van der Waals surface area (Å²) in [6, 6.07) is 14.0. The van der Waals surface area contributed by atoms with Gasteiger partial charge in [0, 0.05) is 56.1 Å². The monoisotopic (exact) mass is 567 g/mol. The van der Waals surface area contributed by atoms with E-state index in [4.69, 9.17) is 17.4 Å². The molecule has 0 amide bonds. The summed E-state index contributed by atoms with van der Waals surface area (Å²) < 4.78 is 65.5. The van der Waals surface area contributed by atoms with Crippen molar-refractivity contribution in [2.75, 3.05) is 36.0 Å². The first-order valence-electron chi connectivity index (χ1n) is 13.6. The Morgan fingerprint density at radius 1 is 0.872 bits per heavy atom. The van der Waals surface area contributed by atoms with E-state index in [1.54, 1.807) is 0 Å². The molecule has 2 saturated heterocycles. The minimum atomic E-state index is -6.09. The zero-order valence-electron chi connectivity index (χ0n) is 22.4. The Hall–Kier alpha value is -2.79. The number of piperidine rings is 2. The summed E-state index contributed by atoms with van der Waals surface area (Å²) >= 11 is 0. The van der Waals surface area contributed by atoms with Crippen molar-refractivity contribution in [2.24, 2.45) is 0 Å². The smallest absolute Gasteiger partial charge is 0.485 e. The Bertz CT molecular complexity index is 1380. The van der Waals surface area contributed by atoms with E-state index in [-0.39, 0.29) is 0 Å². The second kappa shape index (κ2) is 12.2. The van der Waals surface area contributed by atoms with Crippen molar-refractivity contribution in [2.45, 2.75) is 70.3 Å². The van der Waals surface area contributed by atoms with Crippen molar-refractivity contribution < 1.29 is 35.6 Å². The molecule has 0 radical (unpaired) electrons. The molecule has 5 rings (SSSR count). The van der Waals surface area contributed by atoms with E-state index in [0.29, 0.717) is 6.04 Å². The van der Waals surface area contributed by atoms with Crippen LogP contribution in [-0.2, 0) is 10.1 Å². The van der Waals surface area contributed by atoms with Crippen LogP contribution < -0.4 is 20.1 Å². The second-order valence-electron chi connectivity index (χ2n) is 10.3. The van der Waals surface area contributed by atoms with Crippen LogP contribution in [0, 0.1) is 0 Å². The molecule has 0 bridgehead atoms. The van der Waals surface area contributed by atoms with Gasteiger partial charge in [0.05, 0.1) is 10.8 Å². The number of benzene rings is 2. The highest BCUT2D eigenvalue weighted by molar-refractivity contribution is 7.86. The van der Waals surface area contributed by atoms with Crippen molar-refractivity contribution in [3.05, 3.63) is 41.8 Å². The molecule has 2 aromatic carbocycles. The zero-order chi connectivity index (χ0) is 28.2. The van der Waals surface area contributed by atoms with Gasteiger partial charge in [0.15, 0.2) is 10.1 Å². The van der Waals surface area contributed by atoms with E-state index in [1.165, 1.54) is 66.0 Å². The minimum absolute atomic E-state index is 0.414. The number of anilines is 2. The summed E-state index contributed by atoms with van der Waals surface area (Å²) in [6.45, 7) is 9.09. The average Bonchev–Trinajstić information content (AvgIpc) is 2.92. The van der Waals surface area contributed by atoms with Crippen molar-refractivity contribution in [3.8, 4) is 0 Å². The van der Waals surface area contributed by atoms with E-state index in [0.717, 1.165) is 43.8 Å². The first kappa shape index (κ1) is 29.2. The number of nitrogens with zero attached hydrogens (tertiary/aromatic N) is 2. The summed E-state index contributed by atoms with van der Waals surface area (Å²) in [5.41, 5.74) is -1.10. The molecule has 3 aromatic rings. The number of alkyl halides is 3. The van der Waals surface area contributed by atoms with Gasteiger partial charge in [0.2, 0.25) is 5.36 Å². The SMILES string of the molecule is CC[C@@H](C)[NH+]=c1c2ccc(N3CCCCC3)cc2oc2cc(N3CCCCC3)ccc12.O=S(=O)([O-])C(F)(F)F. The number of rotatable bonds is 4. The Morgan fingerprint density at radius 3 is 1.64 bits per heavy atom. The molecule has 1 aromatic heterocycles. The Kier molecular flexibility index (Phi) is 9.10. The fraction of sp³-hybridized carbons (Fsp3) is 0.536. The standard InChI is InChI=1S/C27H35N3O.CHF3O3S/c1-3-20(2)28-27-23-12-10-21(29-14-6-4-7-15-29)18-25(23)31-26-19-22(11-13-24(26)27)30-16-8-5-9-17-30;2-1(3,4)8(5,6)7/h10-13,18-20H,3-9,14-17H2,1-2H3;(H,5,6,7)/t20-;/m1./s1. The van der Waals surface area contributed by atoms with Crippen molar-refractivity contribution in [1.82, 2.24) is 0 Å². The number of fused-ring (bicyclic) bond motifs is 2. The highest BCUT2D eigenvalue weighted by Crippen LogP contribution is 2.28. The maximum Gasteiger partial charge on any atom is 0.485 e. The average molecular weight is 568 g/mol. The molecule has 3 heterocycles. The molecule has 11 heteroatoms. The Labute approximate surface area is 227 Å². The molecule has 0 spiro atoms. The quantitative estimate of drug-likeness (QED) is 0.286. The van der Waals surface area contributed by atoms with Gasteiger partial charge < -0.3 is 18.8 Å². The maximum absolute atomic E-state index is 10.7. The van der Waals surface area contributed by atoms with Crippen LogP contribution in [0.2, 0.25) is 0 Å². The molecule has 1 N–H and O–H groups in total. The van der Waals surface area contributed by atoms with Crippen LogP contribution in [0.4, 0.5) is 24.5 Å². The number of halogens is 3. The van der Waals surface area contributed by atoms with Gasteiger partial charge in [-0.1, -0.05) is 6.92 Å². The maximum atomic E-state index is 10.7. The molecule has 214 valence electrons. The summed E-state index contributed by atoms with van der Waals surface area (Å²) in [5, 5.41) is 3.57. The summed E-state index contributed by atoms with van der Waals surface area (Å²) in [4.78, 5) is 8.81. The summed E-state index contributed by atoms with van der Waals surface area (Å²) in [7, 11) is -6.09. The summed E-state index contributed by atoms with van der Waals surface area (Å²) in [6.07, 6.45) is 8.93. The first-order chi connectivity index (χ1) is 18.5. The van der Waals surface area contributed by atoms with Crippen LogP contribution in [0.3, 0.4) is 0 Å². The molecule has 0 saturated carbocycles. The molecule has 1 atom stereocenters. The molecular weight excluding hydrogens is 531 g/mol. The highest BCUT2D eigenvalue weighted by atomic mass is 32.2. The van der Waals surface area contributed by atoms with Crippen LogP contribution >= 0.6 is 0 Å². The van der Waals surface area contributed by atoms with Gasteiger partial charge in [-0.2, -0.15) is 13.2 Å². The number of hydrogen-bond donors (Lipinski definition) is 1. The Morgan fingerprint density at radius 2 is 1.28 bits per heavy atom. The van der Waals surface area contributed by atoms with Crippen molar-refractivity contribution >= 4 is 43.4 Å². The van der Waals surface area contributed by atoms with E-state index in [1.807, 2.05) is 0 Å². The van der Waals surface area contributed by atoms with E-state index >= 15 is 0 Å². The third-order valence-corrected chi connectivity index (χ3v) is 7.98. The highest BCUT2D eigenvalue weighted by Gasteiger charge is 2.37. The second-order valence-corrected chi connectivity index (χ2v) is 11.7. The normalized spacial score (nSPS) is 17.6. The van der Waals surface area contributed by atoms with Gasteiger partial charge >= 0.3 is 5.51 Å².